The van der Waals surface area contributed by atoms with E-state index in [9.17, 15) is 9.90 Å². The maximum Gasteiger partial charge on any atom is 0.267 e. The zero-order chi connectivity index (χ0) is 19.2. The van der Waals surface area contributed by atoms with Gasteiger partial charge in [-0.1, -0.05) is 30.3 Å². The van der Waals surface area contributed by atoms with Crippen molar-refractivity contribution in [2.45, 2.75) is 20.0 Å². The molecule has 0 aliphatic heterocycles. The summed E-state index contributed by atoms with van der Waals surface area (Å²) < 4.78 is 0. The summed E-state index contributed by atoms with van der Waals surface area (Å²) in [4.78, 5) is 24.1. The minimum Gasteiger partial charge on any atom is -0.387 e. The van der Waals surface area contributed by atoms with Crippen molar-refractivity contribution in [2.24, 2.45) is 0 Å². The van der Waals surface area contributed by atoms with Gasteiger partial charge >= 0.3 is 0 Å². The second-order valence-corrected chi connectivity index (χ2v) is 6.19. The number of hydrogen-bond acceptors (Lipinski definition) is 5. The lowest BCUT2D eigenvalue weighted by atomic mass is 10.1. The minimum atomic E-state index is -0.753. The molecule has 0 aliphatic rings. The number of rotatable bonds is 7. The molecule has 27 heavy (non-hydrogen) atoms. The molecule has 0 spiro atoms. The third-order valence-corrected chi connectivity index (χ3v) is 4.15. The number of aliphatic hydroxyl groups excluding tert-OH is 1. The summed E-state index contributed by atoms with van der Waals surface area (Å²) in [6.45, 7) is 4.76. The van der Waals surface area contributed by atoms with Crippen LogP contribution in [0.15, 0.2) is 48.8 Å². The fraction of sp³-hybridized carbons (Fsp3) is 0.250. The number of H-pyrrole nitrogens is 1. The number of aromatic nitrogens is 3. The summed E-state index contributed by atoms with van der Waals surface area (Å²) in [5.41, 5.74) is 3.66. The van der Waals surface area contributed by atoms with Gasteiger partial charge in [0.15, 0.2) is 0 Å². The molecule has 4 N–H and O–H groups in total. The number of aromatic amines is 1. The first-order valence-electron chi connectivity index (χ1n) is 8.86. The van der Waals surface area contributed by atoms with Crippen LogP contribution in [-0.2, 0) is 0 Å². The number of benzene rings is 1. The smallest absolute Gasteiger partial charge is 0.267 e. The number of nitrogens with zero attached hydrogens (tertiary/aromatic N) is 2. The Labute approximate surface area is 157 Å². The lowest BCUT2D eigenvalue weighted by Gasteiger charge is -2.11. The van der Waals surface area contributed by atoms with Crippen LogP contribution in [0.2, 0.25) is 0 Å². The molecule has 0 bridgehead atoms. The molecule has 0 radical (unpaired) electrons. The lowest BCUT2D eigenvalue weighted by Crippen LogP contribution is -2.28. The Kier molecular flexibility index (Phi) is 5.83. The largest absolute Gasteiger partial charge is 0.387 e. The van der Waals surface area contributed by atoms with E-state index in [0.717, 1.165) is 28.9 Å². The predicted molar refractivity (Wildman–Crippen MR) is 104 cm³/mol. The fourth-order valence-electron chi connectivity index (χ4n) is 2.72. The number of carbonyl (C=O) groups is 1. The van der Waals surface area contributed by atoms with Crippen LogP contribution in [0, 0.1) is 6.92 Å². The van der Waals surface area contributed by atoms with Crippen LogP contribution >= 0.6 is 0 Å². The standard InChI is InChI=1S/C20H23N5O2/c1-3-21-20-24-10-13(2)18(25-20)15-9-16(22-11-15)19(27)23-12-17(26)14-7-5-4-6-8-14/h4-11,17,22,26H,3,12H2,1-2H3,(H,23,27)(H,21,24,25). The highest BCUT2D eigenvalue weighted by molar-refractivity contribution is 5.93. The number of carbonyl (C=O) groups excluding carboxylic acids is 1. The number of anilines is 1. The maximum absolute atomic E-state index is 12.4. The van der Waals surface area contributed by atoms with Gasteiger partial charge in [-0.05, 0) is 31.0 Å². The van der Waals surface area contributed by atoms with Gasteiger partial charge in [-0.2, -0.15) is 0 Å². The molecular formula is C20H23N5O2. The van der Waals surface area contributed by atoms with Crippen molar-refractivity contribution < 1.29 is 9.90 Å². The average molecular weight is 365 g/mol. The Morgan fingerprint density at radius 1 is 1.30 bits per heavy atom. The SMILES string of the molecule is CCNc1ncc(C)c(-c2c[nH]c(C(=O)NCC(O)c3ccccc3)c2)n1. The van der Waals surface area contributed by atoms with Crippen molar-refractivity contribution in [1.82, 2.24) is 20.3 Å². The molecule has 140 valence electrons. The van der Waals surface area contributed by atoms with E-state index < -0.39 is 6.10 Å². The Morgan fingerprint density at radius 3 is 2.81 bits per heavy atom. The van der Waals surface area contributed by atoms with E-state index in [1.165, 1.54) is 0 Å². The topological polar surface area (TPSA) is 103 Å². The van der Waals surface area contributed by atoms with E-state index in [1.54, 1.807) is 18.5 Å². The molecule has 7 nitrogen and oxygen atoms in total. The number of nitrogens with one attached hydrogen (secondary N) is 3. The van der Waals surface area contributed by atoms with Gasteiger partial charge in [-0.15, -0.1) is 0 Å². The van der Waals surface area contributed by atoms with E-state index >= 15 is 0 Å². The van der Waals surface area contributed by atoms with Crippen molar-refractivity contribution >= 4 is 11.9 Å². The van der Waals surface area contributed by atoms with Gasteiger partial charge in [0.05, 0.1) is 11.8 Å². The number of aliphatic hydroxyl groups is 1. The van der Waals surface area contributed by atoms with Crippen molar-refractivity contribution in [3.05, 3.63) is 65.6 Å². The second-order valence-electron chi connectivity index (χ2n) is 6.19. The van der Waals surface area contributed by atoms with E-state index in [-0.39, 0.29) is 12.5 Å². The quantitative estimate of drug-likeness (QED) is 0.515. The maximum atomic E-state index is 12.4. The van der Waals surface area contributed by atoms with Gasteiger partial charge in [0, 0.05) is 31.0 Å². The van der Waals surface area contributed by atoms with E-state index in [0.29, 0.717) is 11.6 Å². The zero-order valence-electron chi connectivity index (χ0n) is 15.4. The van der Waals surface area contributed by atoms with Crippen LogP contribution in [0.4, 0.5) is 5.95 Å². The van der Waals surface area contributed by atoms with Gasteiger partial charge < -0.3 is 20.7 Å². The van der Waals surface area contributed by atoms with Crippen molar-refractivity contribution in [1.29, 1.82) is 0 Å². The van der Waals surface area contributed by atoms with Gasteiger partial charge in [-0.3, -0.25) is 4.79 Å². The Hall–Kier alpha value is -3.19. The Balaban J connectivity index is 1.68. The highest BCUT2D eigenvalue weighted by atomic mass is 16.3. The molecule has 3 rings (SSSR count). The Bertz CT molecular complexity index is 908. The van der Waals surface area contributed by atoms with Crippen LogP contribution in [0.1, 0.15) is 34.6 Å². The average Bonchev–Trinajstić information content (AvgIpc) is 3.18. The zero-order valence-corrected chi connectivity index (χ0v) is 15.4. The third-order valence-electron chi connectivity index (χ3n) is 4.15. The summed E-state index contributed by atoms with van der Waals surface area (Å²) in [5.74, 6) is 0.270. The van der Waals surface area contributed by atoms with Gasteiger partial charge in [0.2, 0.25) is 5.95 Å². The molecule has 1 amide bonds. The van der Waals surface area contributed by atoms with Crippen LogP contribution in [-0.4, -0.2) is 39.1 Å². The summed E-state index contributed by atoms with van der Waals surface area (Å²) >= 11 is 0. The van der Waals surface area contributed by atoms with Gasteiger partial charge in [0.1, 0.15) is 5.69 Å². The molecule has 0 saturated heterocycles. The molecule has 2 heterocycles. The summed E-state index contributed by atoms with van der Waals surface area (Å²) in [5, 5.41) is 16.0. The molecule has 7 heteroatoms. The van der Waals surface area contributed by atoms with Gasteiger partial charge in [-0.25, -0.2) is 9.97 Å². The number of amides is 1. The normalized spacial score (nSPS) is 11.8. The highest BCUT2D eigenvalue weighted by Gasteiger charge is 2.14. The molecule has 0 fully saturated rings. The van der Waals surface area contributed by atoms with E-state index in [4.69, 9.17) is 0 Å². The van der Waals surface area contributed by atoms with Crippen LogP contribution in [0.25, 0.3) is 11.3 Å². The molecular weight excluding hydrogens is 342 g/mol. The third kappa shape index (κ3) is 4.51. The second kappa shape index (κ2) is 8.46. The monoisotopic (exact) mass is 365 g/mol. The van der Waals surface area contributed by atoms with Crippen molar-refractivity contribution in [2.75, 3.05) is 18.4 Å². The lowest BCUT2D eigenvalue weighted by molar-refractivity contribution is 0.0912. The molecule has 1 unspecified atom stereocenters. The summed E-state index contributed by atoms with van der Waals surface area (Å²) in [6, 6.07) is 11.0. The molecule has 0 aliphatic carbocycles. The van der Waals surface area contributed by atoms with Crippen LogP contribution in [0.5, 0.6) is 0 Å². The fourth-order valence-corrected chi connectivity index (χ4v) is 2.72. The predicted octanol–water partition coefficient (Wildman–Crippen LogP) is 2.68. The van der Waals surface area contributed by atoms with Crippen molar-refractivity contribution in [3.63, 3.8) is 0 Å². The molecule has 1 aromatic carbocycles. The molecule has 2 aromatic heterocycles. The minimum absolute atomic E-state index is 0.133. The molecule has 0 saturated carbocycles. The first kappa shape index (κ1) is 18.6. The molecule has 1 atom stereocenters. The summed E-state index contributed by atoms with van der Waals surface area (Å²) in [6.07, 6.45) is 2.74. The van der Waals surface area contributed by atoms with E-state index in [2.05, 4.69) is 25.6 Å². The Morgan fingerprint density at radius 2 is 2.07 bits per heavy atom. The molecule has 3 aromatic rings. The van der Waals surface area contributed by atoms with Crippen LogP contribution in [0.3, 0.4) is 0 Å². The van der Waals surface area contributed by atoms with Crippen molar-refractivity contribution in [3.8, 4) is 11.3 Å². The summed E-state index contributed by atoms with van der Waals surface area (Å²) in [7, 11) is 0. The number of aryl methyl sites for hydroxylation is 1. The first-order chi connectivity index (χ1) is 13.1. The van der Waals surface area contributed by atoms with E-state index in [1.807, 2.05) is 44.2 Å². The van der Waals surface area contributed by atoms with Crippen LogP contribution < -0.4 is 10.6 Å². The first-order valence-corrected chi connectivity index (χ1v) is 8.86. The number of hydrogen-bond donors (Lipinski definition) is 4. The highest BCUT2D eigenvalue weighted by Crippen LogP contribution is 2.22. The van der Waals surface area contributed by atoms with Gasteiger partial charge in [0.25, 0.3) is 5.91 Å².